The fraction of sp³-hybridized carbons (Fsp3) is 0.667. The Morgan fingerprint density at radius 2 is 2.25 bits per heavy atom. The Morgan fingerprint density at radius 3 is 2.38 bits per heavy atom. The van der Waals surface area contributed by atoms with Gasteiger partial charge in [0.25, 0.3) is 0 Å². The first-order chi connectivity index (χ1) is 3.66. The normalized spacial score (nSPS) is 8.88. The molecule has 0 heterocycles. The van der Waals surface area contributed by atoms with Crippen LogP contribution in [0.25, 0.3) is 0 Å². The van der Waals surface area contributed by atoms with Gasteiger partial charge < -0.3 is 5.73 Å². The van der Waals surface area contributed by atoms with Crippen LogP contribution in [-0.4, -0.2) is 5.94 Å². The van der Waals surface area contributed by atoms with Crippen molar-refractivity contribution < 1.29 is 4.79 Å². The van der Waals surface area contributed by atoms with Crippen LogP contribution in [0.1, 0.15) is 20.3 Å². The molecule has 0 aromatic carbocycles. The molecule has 0 amide bonds. The van der Waals surface area contributed by atoms with E-state index in [4.69, 9.17) is 5.73 Å². The van der Waals surface area contributed by atoms with Crippen LogP contribution in [0.3, 0.4) is 0 Å². The fourth-order valence-electron chi connectivity index (χ4n) is 0.481. The zero-order valence-electron chi connectivity index (χ0n) is 5.27. The van der Waals surface area contributed by atoms with Gasteiger partial charge in [-0.1, -0.05) is 13.8 Å². The Hall–Kier alpha value is -0.750. The van der Waals surface area contributed by atoms with Crippen molar-refractivity contribution in [2.45, 2.75) is 20.3 Å². The van der Waals surface area contributed by atoms with Gasteiger partial charge in [-0.3, -0.25) is 0 Å². The molecule has 0 saturated heterocycles. The minimum absolute atomic E-state index is 0.319. The summed E-state index contributed by atoms with van der Waals surface area (Å²) in [5, 5.41) is 0. The molecular formula is C6H11NO. The second-order valence-electron chi connectivity index (χ2n) is 2.23. The Morgan fingerprint density at radius 1 is 1.75 bits per heavy atom. The molecule has 0 aliphatic heterocycles. The largest absolute Gasteiger partial charge is 0.393 e. The van der Waals surface area contributed by atoms with Crippen molar-refractivity contribution in [3.8, 4) is 0 Å². The third-order valence-corrected chi connectivity index (χ3v) is 0.759. The fourth-order valence-corrected chi connectivity index (χ4v) is 0.481. The minimum atomic E-state index is 0.319. The molecule has 2 nitrogen and oxygen atoms in total. The molecule has 0 spiro atoms. The van der Waals surface area contributed by atoms with Crippen LogP contribution in [0.4, 0.5) is 0 Å². The van der Waals surface area contributed by atoms with E-state index in [1.807, 2.05) is 13.8 Å². The van der Waals surface area contributed by atoms with Gasteiger partial charge in [0, 0.05) is 6.42 Å². The highest BCUT2D eigenvalue weighted by molar-refractivity contribution is 5.50. The SMILES string of the molecule is CC(C)CC(N)=C=O. The monoisotopic (exact) mass is 113 g/mol. The highest BCUT2D eigenvalue weighted by atomic mass is 16.1. The van der Waals surface area contributed by atoms with E-state index < -0.39 is 0 Å². The summed E-state index contributed by atoms with van der Waals surface area (Å²) >= 11 is 0. The zero-order chi connectivity index (χ0) is 6.57. The lowest BCUT2D eigenvalue weighted by Gasteiger charge is -1.98. The molecular weight excluding hydrogens is 102 g/mol. The van der Waals surface area contributed by atoms with Crippen LogP contribution in [0.5, 0.6) is 0 Å². The molecule has 0 aliphatic rings. The first-order valence-corrected chi connectivity index (χ1v) is 2.66. The molecule has 0 saturated carbocycles. The molecule has 8 heavy (non-hydrogen) atoms. The summed E-state index contributed by atoms with van der Waals surface area (Å²) in [4.78, 5) is 9.75. The second-order valence-corrected chi connectivity index (χ2v) is 2.23. The second kappa shape index (κ2) is 3.28. The van der Waals surface area contributed by atoms with Gasteiger partial charge in [-0.15, -0.1) is 0 Å². The van der Waals surface area contributed by atoms with Crippen LogP contribution < -0.4 is 5.73 Å². The number of rotatable bonds is 2. The van der Waals surface area contributed by atoms with Crippen molar-refractivity contribution in [3.05, 3.63) is 5.70 Å². The van der Waals surface area contributed by atoms with Gasteiger partial charge in [0.05, 0.1) is 5.70 Å². The van der Waals surface area contributed by atoms with Crippen molar-refractivity contribution in [2.75, 3.05) is 0 Å². The maximum absolute atomic E-state index is 9.75. The topological polar surface area (TPSA) is 43.1 Å². The number of carbonyl (C=O) groups excluding carboxylic acids is 1. The molecule has 0 rings (SSSR count). The predicted molar refractivity (Wildman–Crippen MR) is 32.8 cm³/mol. The Kier molecular flexibility index (Phi) is 2.97. The Bertz CT molecular complexity index is 112. The van der Waals surface area contributed by atoms with Crippen LogP contribution in [0.15, 0.2) is 5.70 Å². The quantitative estimate of drug-likeness (QED) is 0.536. The number of hydrogen-bond acceptors (Lipinski definition) is 2. The third kappa shape index (κ3) is 3.44. The summed E-state index contributed by atoms with van der Waals surface area (Å²) in [6.07, 6.45) is 0.656. The van der Waals surface area contributed by atoms with E-state index in [0.29, 0.717) is 18.0 Å². The summed E-state index contributed by atoms with van der Waals surface area (Å²) in [6, 6.07) is 0. The standard InChI is InChI=1S/C6H11NO/c1-5(2)3-6(7)4-8/h5H,3,7H2,1-2H3. The molecule has 2 heteroatoms. The third-order valence-electron chi connectivity index (χ3n) is 0.759. The van der Waals surface area contributed by atoms with Crippen LogP contribution >= 0.6 is 0 Å². The van der Waals surface area contributed by atoms with Crippen molar-refractivity contribution in [1.29, 1.82) is 0 Å². The maximum atomic E-state index is 9.75. The van der Waals surface area contributed by atoms with Crippen molar-refractivity contribution in [3.63, 3.8) is 0 Å². The summed E-state index contributed by atoms with van der Waals surface area (Å²) < 4.78 is 0. The summed E-state index contributed by atoms with van der Waals surface area (Å²) in [6.45, 7) is 4.01. The summed E-state index contributed by atoms with van der Waals surface area (Å²) in [7, 11) is 0. The van der Waals surface area contributed by atoms with Gasteiger partial charge in [0.1, 0.15) is 5.94 Å². The lowest BCUT2D eigenvalue weighted by atomic mass is 10.1. The first-order valence-electron chi connectivity index (χ1n) is 2.66. The average molecular weight is 113 g/mol. The maximum Gasteiger partial charge on any atom is 0.145 e. The lowest BCUT2D eigenvalue weighted by molar-refractivity contribution is 0.560. The average Bonchev–Trinajstić information content (AvgIpc) is 1.65. The van der Waals surface area contributed by atoms with Gasteiger partial charge in [0.15, 0.2) is 0 Å². The molecule has 0 bridgehead atoms. The summed E-state index contributed by atoms with van der Waals surface area (Å²) in [5.41, 5.74) is 5.49. The van der Waals surface area contributed by atoms with E-state index in [1.54, 1.807) is 5.94 Å². The highest BCUT2D eigenvalue weighted by Crippen LogP contribution is 2.01. The lowest BCUT2D eigenvalue weighted by Crippen LogP contribution is -2.01. The smallest absolute Gasteiger partial charge is 0.145 e. The molecule has 2 N–H and O–H groups in total. The molecule has 0 fully saturated rings. The highest BCUT2D eigenvalue weighted by Gasteiger charge is 1.94. The zero-order valence-corrected chi connectivity index (χ0v) is 5.27. The molecule has 0 unspecified atom stereocenters. The number of allylic oxidation sites excluding steroid dienone is 1. The predicted octanol–water partition coefficient (Wildman–Crippen LogP) is 0.707. The molecule has 0 radical (unpaired) electrons. The van der Waals surface area contributed by atoms with E-state index in [1.165, 1.54) is 0 Å². The van der Waals surface area contributed by atoms with Gasteiger partial charge >= 0.3 is 0 Å². The van der Waals surface area contributed by atoms with E-state index in [-0.39, 0.29) is 0 Å². The van der Waals surface area contributed by atoms with Gasteiger partial charge in [-0.2, -0.15) is 0 Å². The molecule has 0 aliphatic carbocycles. The molecule has 0 atom stereocenters. The van der Waals surface area contributed by atoms with E-state index in [9.17, 15) is 4.79 Å². The van der Waals surface area contributed by atoms with E-state index in [0.717, 1.165) is 0 Å². The van der Waals surface area contributed by atoms with Crippen molar-refractivity contribution >= 4 is 5.94 Å². The number of nitrogens with two attached hydrogens (primary N) is 1. The van der Waals surface area contributed by atoms with E-state index >= 15 is 0 Å². The van der Waals surface area contributed by atoms with Crippen LogP contribution in [-0.2, 0) is 4.79 Å². The Labute approximate surface area is 49.4 Å². The van der Waals surface area contributed by atoms with Crippen LogP contribution in [0, 0.1) is 5.92 Å². The van der Waals surface area contributed by atoms with E-state index in [2.05, 4.69) is 0 Å². The van der Waals surface area contributed by atoms with Gasteiger partial charge in [-0.05, 0) is 5.92 Å². The van der Waals surface area contributed by atoms with Crippen molar-refractivity contribution in [2.24, 2.45) is 11.7 Å². The Balaban J connectivity index is 3.56. The van der Waals surface area contributed by atoms with Gasteiger partial charge in [0.2, 0.25) is 0 Å². The molecule has 0 aromatic rings. The van der Waals surface area contributed by atoms with Gasteiger partial charge in [-0.25, -0.2) is 4.79 Å². The molecule has 46 valence electrons. The first kappa shape index (κ1) is 7.25. The summed E-state index contributed by atoms with van der Waals surface area (Å²) in [5.74, 6) is 2.10. The minimum Gasteiger partial charge on any atom is -0.393 e. The number of hydrogen-bond donors (Lipinski definition) is 1. The molecule has 0 aromatic heterocycles. The van der Waals surface area contributed by atoms with Crippen molar-refractivity contribution in [1.82, 2.24) is 0 Å². The van der Waals surface area contributed by atoms with Crippen LogP contribution in [0.2, 0.25) is 0 Å².